The van der Waals surface area contributed by atoms with Crippen molar-refractivity contribution < 1.29 is 19.0 Å². The van der Waals surface area contributed by atoms with E-state index >= 15 is 0 Å². The zero-order valence-corrected chi connectivity index (χ0v) is 11.8. The molecule has 2 rings (SSSR count). The molecule has 0 amide bonds. The molecule has 1 N–H and O–H groups in total. The molecule has 0 spiro atoms. The first-order chi connectivity index (χ1) is 9.52. The van der Waals surface area contributed by atoms with Crippen LogP contribution in [-0.2, 0) is 4.79 Å². The quantitative estimate of drug-likeness (QED) is 0.859. The molecule has 1 heterocycles. The number of aryl methyl sites for hydroxylation is 1. The van der Waals surface area contributed by atoms with E-state index in [9.17, 15) is 9.18 Å². The van der Waals surface area contributed by atoms with E-state index in [1.165, 1.54) is 19.2 Å². The maximum Gasteiger partial charge on any atom is 0.313 e. The van der Waals surface area contributed by atoms with E-state index < -0.39 is 11.8 Å². The third-order valence-corrected chi connectivity index (χ3v) is 3.56. The van der Waals surface area contributed by atoms with Crippen LogP contribution in [0.3, 0.4) is 0 Å². The topological polar surface area (TPSA) is 64.4 Å². The molecule has 0 unspecified atom stereocenters. The van der Waals surface area contributed by atoms with E-state index in [2.05, 4.69) is 4.98 Å². The predicted molar refractivity (Wildman–Crippen MR) is 73.2 cm³/mol. The number of imidazole rings is 1. The standard InChI is InChI=1S/C13H13FN2O3S/c1-8-6-15-13(20-7-12(17)18)16(8)11-5-9(19-2)3-4-10(11)14/h3-6H,7H2,1-2H3,(H,17,18). The highest BCUT2D eigenvalue weighted by Crippen LogP contribution is 2.27. The van der Waals surface area contributed by atoms with Crippen LogP contribution in [0.5, 0.6) is 5.75 Å². The number of benzene rings is 1. The summed E-state index contributed by atoms with van der Waals surface area (Å²) in [6.45, 7) is 1.77. The van der Waals surface area contributed by atoms with Crippen molar-refractivity contribution in [1.29, 1.82) is 0 Å². The average molecular weight is 296 g/mol. The van der Waals surface area contributed by atoms with Crippen molar-refractivity contribution in [2.45, 2.75) is 12.1 Å². The lowest BCUT2D eigenvalue weighted by atomic mass is 10.2. The Balaban J connectivity index is 2.46. The first-order valence-corrected chi connectivity index (χ1v) is 6.74. The van der Waals surface area contributed by atoms with E-state index in [0.717, 1.165) is 11.8 Å². The second kappa shape index (κ2) is 5.96. The van der Waals surface area contributed by atoms with Gasteiger partial charge in [-0.15, -0.1) is 0 Å². The van der Waals surface area contributed by atoms with Gasteiger partial charge in [0.05, 0.1) is 18.6 Å². The normalized spacial score (nSPS) is 10.6. The lowest BCUT2D eigenvalue weighted by Crippen LogP contribution is -2.05. The first-order valence-electron chi connectivity index (χ1n) is 5.75. The van der Waals surface area contributed by atoms with Gasteiger partial charge in [0.1, 0.15) is 11.6 Å². The number of ether oxygens (including phenoxy) is 1. The lowest BCUT2D eigenvalue weighted by Gasteiger charge is -2.11. The number of aromatic nitrogens is 2. The summed E-state index contributed by atoms with van der Waals surface area (Å²) >= 11 is 1.04. The molecule has 0 aliphatic carbocycles. The fourth-order valence-corrected chi connectivity index (χ4v) is 2.48. The van der Waals surface area contributed by atoms with Gasteiger partial charge < -0.3 is 9.84 Å². The molecule has 106 valence electrons. The minimum Gasteiger partial charge on any atom is -0.497 e. The number of thioether (sulfide) groups is 1. The number of hydrogen-bond donors (Lipinski definition) is 1. The molecule has 7 heteroatoms. The van der Waals surface area contributed by atoms with Crippen molar-refractivity contribution in [1.82, 2.24) is 9.55 Å². The molecule has 0 radical (unpaired) electrons. The number of aliphatic carboxylic acids is 1. The van der Waals surface area contributed by atoms with Gasteiger partial charge >= 0.3 is 5.97 Å². The van der Waals surface area contributed by atoms with Gasteiger partial charge in [-0.3, -0.25) is 9.36 Å². The molecule has 1 aromatic heterocycles. The molecule has 20 heavy (non-hydrogen) atoms. The number of carboxylic acids is 1. The monoisotopic (exact) mass is 296 g/mol. The summed E-state index contributed by atoms with van der Waals surface area (Å²) in [6, 6.07) is 4.38. The van der Waals surface area contributed by atoms with Crippen molar-refractivity contribution in [2.75, 3.05) is 12.9 Å². The molecule has 5 nitrogen and oxygen atoms in total. The smallest absolute Gasteiger partial charge is 0.313 e. The highest BCUT2D eigenvalue weighted by Gasteiger charge is 2.15. The van der Waals surface area contributed by atoms with Gasteiger partial charge in [-0.1, -0.05) is 11.8 Å². The molecular weight excluding hydrogens is 283 g/mol. The SMILES string of the molecule is COc1ccc(F)c(-n2c(C)cnc2SCC(=O)O)c1. The number of carbonyl (C=O) groups is 1. The predicted octanol–water partition coefficient (Wildman–Crippen LogP) is 2.51. The molecule has 0 saturated heterocycles. The Hall–Kier alpha value is -2.02. The van der Waals surface area contributed by atoms with E-state index in [4.69, 9.17) is 9.84 Å². The second-order valence-electron chi connectivity index (χ2n) is 4.02. The van der Waals surface area contributed by atoms with Gasteiger partial charge in [-0.25, -0.2) is 9.37 Å². The zero-order chi connectivity index (χ0) is 14.7. The third-order valence-electron chi connectivity index (χ3n) is 2.62. The highest BCUT2D eigenvalue weighted by molar-refractivity contribution is 7.99. The van der Waals surface area contributed by atoms with Crippen molar-refractivity contribution in [3.8, 4) is 11.4 Å². The maximum atomic E-state index is 14.0. The summed E-state index contributed by atoms with van der Waals surface area (Å²) in [5.74, 6) is -0.997. The number of methoxy groups -OCH3 is 1. The largest absolute Gasteiger partial charge is 0.497 e. The summed E-state index contributed by atoms with van der Waals surface area (Å²) in [5, 5.41) is 9.16. The number of hydrogen-bond acceptors (Lipinski definition) is 4. The van der Waals surface area contributed by atoms with Crippen LogP contribution in [-0.4, -0.2) is 33.5 Å². The van der Waals surface area contributed by atoms with Gasteiger partial charge in [-0.2, -0.15) is 0 Å². The van der Waals surface area contributed by atoms with Crippen LogP contribution in [0.1, 0.15) is 5.69 Å². The van der Waals surface area contributed by atoms with Gasteiger partial charge in [0, 0.05) is 18.0 Å². The molecule has 0 aliphatic heterocycles. The van der Waals surface area contributed by atoms with E-state index in [1.807, 2.05) is 0 Å². The Morgan fingerprint density at radius 1 is 1.55 bits per heavy atom. The molecule has 0 saturated carbocycles. The van der Waals surface area contributed by atoms with Crippen LogP contribution in [0.15, 0.2) is 29.6 Å². The zero-order valence-electron chi connectivity index (χ0n) is 11.0. The Labute approximate surface area is 119 Å². The van der Waals surface area contributed by atoms with E-state index in [-0.39, 0.29) is 11.4 Å². The second-order valence-corrected chi connectivity index (χ2v) is 4.96. The van der Waals surface area contributed by atoms with Crippen molar-refractivity contribution in [3.63, 3.8) is 0 Å². The fraction of sp³-hybridized carbons (Fsp3) is 0.231. The van der Waals surface area contributed by atoms with Gasteiger partial charge in [0.15, 0.2) is 5.16 Å². The fourth-order valence-electron chi connectivity index (χ4n) is 1.73. The van der Waals surface area contributed by atoms with Crippen LogP contribution >= 0.6 is 11.8 Å². The molecule has 1 aromatic carbocycles. The van der Waals surface area contributed by atoms with Crippen molar-refractivity contribution >= 4 is 17.7 Å². The van der Waals surface area contributed by atoms with Gasteiger partial charge in [0.25, 0.3) is 0 Å². The van der Waals surface area contributed by atoms with Crippen LogP contribution < -0.4 is 4.74 Å². The molecule has 0 atom stereocenters. The maximum absolute atomic E-state index is 14.0. The van der Waals surface area contributed by atoms with Crippen molar-refractivity contribution in [3.05, 3.63) is 35.9 Å². The summed E-state index contributed by atoms with van der Waals surface area (Å²) < 4.78 is 20.7. The van der Waals surface area contributed by atoms with Gasteiger partial charge in [0.2, 0.25) is 0 Å². The summed E-state index contributed by atoms with van der Waals surface area (Å²) in [4.78, 5) is 14.8. The molecular formula is C13H13FN2O3S. The Morgan fingerprint density at radius 2 is 2.30 bits per heavy atom. The highest BCUT2D eigenvalue weighted by atomic mass is 32.2. The summed E-state index contributed by atoms with van der Waals surface area (Å²) in [6.07, 6.45) is 1.57. The van der Waals surface area contributed by atoms with Crippen LogP contribution in [0.25, 0.3) is 5.69 Å². The Morgan fingerprint density at radius 3 is 2.95 bits per heavy atom. The Kier molecular flexibility index (Phi) is 4.29. The minimum atomic E-state index is -0.951. The lowest BCUT2D eigenvalue weighted by molar-refractivity contribution is -0.133. The summed E-state index contributed by atoms with van der Waals surface area (Å²) in [7, 11) is 1.50. The Bertz CT molecular complexity index is 643. The molecule has 0 bridgehead atoms. The van der Waals surface area contributed by atoms with Crippen LogP contribution in [0, 0.1) is 12.7 Å². The number of rotatable bonds is 5. The minimum absolute atomic E-state index is 0.137. The van der Waals surface area contributed by atoms with Crippen LogP contribution in [0.4, 0.5) is 4.39 Å². The van der Waals surface area contributed by atoms with E-state index in [0.29, 0.717) is 16.6 Å². The average Bonchev–Trinajstić information content (AvgIpc) is 2.78. The summed E-state index contributed by atoms with van der Waals surface area (Å²) in [5.41, 5.74) is 0.997. The van der Waals surface area contributed by atoms with Crippen molar-refractivity contribution in [2.24, 2.45) is 0 Å². The van der Waals surface area contributed by atoms with Gasteiger partial charge in [-0.05, 0) is 19.1 Å². The molecule has 0 fully saturated rings. The number of halogens is 1. The number of carboxylic acid groups (broad SMARTS) is 1. The number of nitrogens with zero attached hydrogens (tertiary/aromatic N) is 2. The molecule has 0 aliphatic rings. The van der Waals surface area contributed by atoms with E-state index in [1.54, 1.807) is 23.8 Å². The molecule has 2 aromatic rings. The third kappa shape index (κ3) is 2.93. The van der Waals surface area contributed by atoms with Crippen LogP contribution in [0.2, 0.25) is 0 Å². The first kappa shape index (κ1) is 14.4.